The lowest BCUT2D eigenvalue weighted by atomic mass is 10.2. The fraction of sp³-hybridized carbons (Fsp3) is 0.143. The van der Waals surface area contributed by atoms with E-state index in [1.165, 1.54) is 0 Å². The Morgan fingerprint density at radius 2 is 0.615 bits per heavy atom. The normalized spacial score (nSPS) is 11.5. The summed E-state index contributed by atoms with van der Waals surface area (Å²) in [6.07, 6.45) is 0. The summed E-state index contributed by atoms with van der Waals surface area (Å²) in [7, 11) is -2.78. The number of hydrogen-bond acceptors (Lipinski definition) is 1. The molecule has 2 aromatic rings. The monoisotopic (exact) mass is 410 g/mol. The van der Waals surface area contributed by atoms with Crippen molar-refractivity contribution in [1.82, 2.24) is 0 Å². The molecule has 0 aliphatic rings. The van der Waals surface area contributed by atoms with Crippen LogP contribution in [0.2, 0.25) is 0 Å². The van der Waals surface area contributed by atoms with Crippen molar-refractivity contribution in [3.8, 4) is 0 Å². The van der Waals surface area contributed by atoms with Gasteiger partial charge < -0.3 is 0 Å². The minimum absolute atomic E-state index is 1.43. The highest BCUT2D eigenvalue weighted by Crippen LogP contribution is 2.27. The van der Waals surface area contributed by atoms with Gasteiger partial charge in [0.15, 0.2) is 46.5 Å². The van der Waals surface area contributed by atoms with Crippen LogP contribution in [0.5, 0.6) is 0 Å². The molecule has 0 N–H and O–H groups in total. The first kappa shape index (κ1) is 20.2. The van der Waals surface area contributed by atoms with E-state index in [0.29, 0.717) is 0 Å². The summed E-state index contributed by atoms with van der Waals surface area (Å²) in [4.78, 5) is 0. The molecule has 2 rings (SSSR count). The molecular formula is C14H4F10OS. The third-order valence-electron chi connectivity index (χ3n) is 3.21. The third-order valence-corrected chi connectivity index (χ3v) is 4.43. The van der Waals surface area contributed by atoms with Crippen molar-refractivity contribution in [2.24, 2.45) is 0 Å². The number of benzene rings is 2. The first-order chi connectivity index (χ1) is 12.0. The molecule has 0 spiro atoms. The first-order valence-electron chi connectivity index (χ1n) is 6.34. The molecule has 26 heavy (non-hydrogen) atoms. The summed E-state index contributed by atoms with van der Waals surface area (Å²) >= 11 is 0. The average Bonchev–Trinajstić information content (AvgIpc) is 2.62. The minimum Gasteiger partial charge on any atom is -0.259 e. The highest BCUT2D eigenvalue weighted by atomic mass is 32.2. The Hall–Kier alpha value is -2.11. The van der Waals surface area contributed by atoms with Crippen molar-refractivity contribution in [3.63, 3.8) is 0 Å². The standard InChI is InChI=1S/C14H4F10OS/c15-5-3(6(16)10(20)13(23)9(5)19)1-26(25)2-4-7(17)11(21)14(24)12(22)8(4)18/h1-2H2. The number of hydrogen-bond donors (Lipinski definition) is 0. The fourth-order valence-corrected chi connectivity index (χ4v) is 3.18. The van der Waals surface area contributed by atoms with E-state index >= 15 is 0 Å². The van der Waals surface area contributed by atoms with Crippen molar-refractivity contribution in [3.05, 3.63) is 69.3 Å². The van der Waals surface area contributed by atoms with Crippen LogP contribution in [0, 0.1) is 58.2 Å². The zero-order valence-electron chi connectivity index (χ0n) is 12.0. The van der Waals surface area contributed by atoms with Crippen molar-refractivity contribution in [2.75, 3.05) is 0 Å². The molecule has 0 saturated carbocycles. The Kier molecular flexibility index (Phi) is 5.64. The van der Waals surface area contributed by atoms with Gasteiger partial charge in [0.2, 0.25) is 11.6 Å². The fourth-order valence-electron chi connectivity index (χ4n) is 1.93. The Balaban J connectivity index is 2.41. The van der Waals surface area contributed by atoms with Crippen LogP contribution < -0.4 is 0 Å². The molecule has 0 atom stereocenters. The summed E-state index contributed by atoms with van der Waals surface area (Å²) < 4.78 is 144. The van der Waals surface area contributed by atoms with E-state index in [1.54, 1.807) is 0 Å². The molecular weight excluding hydrogens is 406 g/mol. The molecule has 2 aromatic carbocycles. The van der Waals surface area contributed by atoms with Crippen LogP contribution in [-0.4, -0.2) is 4.21 Å². The van der Waals surface area contributed by atoms with Gasteiger partial charge in [0.1, 0.15) is 0 Å². The Labute approximate surface area is 140 Å². The lowest BCUT2D eigenvalue weighted by Gasteiger charge is -2.10. The lowest BCUT2D eigenvalue weighted by molar-refractivity contribution is 0.371. The van der Waals surface area contributed by atoms with Gasteiger partial charge in [-0.1, -0.05) is 0 Å². The Morgan fingerprint density at radius 3 is 0.846 bits per heavy atom. The SMILES string of the molecule is O=S(Cc1c(F)c(F)c(F)c(F)c1F)Cc1c(F)c(F)c(F)c(F)c1F. The minimum atomic E-state index is -2.78. The van der Waals surface area contributed by atoms with Crippen LogP contribution in [0.1, 0.15) is 11.1 Å². The van der Waals surface area contributed by atoms with Crippen LogP contribution in [0.25, 0.3) is 0 Å². The zero-order chi connectivity index (χ0) is 19.9. The van der Waals surface area contributed by atoms with Crippen LogP contribution in [0.15, 0.2) is 0 Å². The van der Waals surface area contributed by atoms with E-state index in [9.17, 15) is 48.1 Å². The van der Waals surface area contributed by atoms with Crippen LogP contribution in [-0.2, 0) is 22.3 Å². The Morgan fingerprint density at radius 1 is 0.423 bits per heavy atom. The summed E-state index contributed by atoms with van der Waals surface area (Å²) in [5.74, 6) is -26.5. The molecule has 0 aromatic heterocycles. The summed E-state index contributed by atoms with van der Waals surface area (Å²) in [6.45, 7) is 0. The first-order valence-corrected chi connectivity index (χ1v) is 7.83. The highest BCUT2D eigenvalue weighted by Gasteiger charge is 2.29. The van der Waals surface area contributed by atoms with Gasteiger partial charge in [-0.15, -0.1) is 0 Å². The average molecular weight is 410 g/mol. The third kappa shape index (κ3) is 3.29. The number of rotatable bonds is 4. The molecule has 0 aliphatic carbocycles. The quantitative estimate of drug-likeness (QED) is 0.412. The van der Waals surface area contributed by atoms with Crippen LogP contribution >= 0.6 is 0 Å². The van der Waals surface area contributed by atoms with Gasteiger partial charge in [-0.05, 0) is 0 Å². The highest BCUT2D eigenvalue weighted by molar-refractivity contribution is 7.83. The molecule has 142 valence electrons. The molecule has 0 fully saturated rings. The van der Waals surface area contributed by atoms with Crippen LogP contribution in [0.3, 0.4) is 0 Å². The maximum atomic E-state index is 13.5. The molecule has 0 aliphatic heterocycles. The van der Waals surface area contributed by atoms with Crippen molar-refractivity contribution in [1.29, 1.82) is 0 Å². The molecule has 0 bridgehead atoms. The molecule has 0 saturated heterocycles. The van der Waals surface area contributed by atoms with E-state index in [2.05, 4.69) is 0 Å². The van der Waals surface area contributed by atoms with Crippen molar-refractivity contribution < 1.29 is 48.1 Å². The Bertz CT molecular complexity index is 795. The molecule has 0 radical (unpaired) electrons. The molecule has 12 heteroatoms. The van der Waals surface area contributed by atoms with Gasteiger partial charge in [-0.3, -0.25) is 4.21 Å². The second kappa shape index (κ2) is 7.25. The van der Waals surface area contributed by atoms with Gasteiger partial charge in [0.05, 0.1) is 11.5 Å². The second-order valence-electron chi connectivity index (χ2n) is 4.83. The second-order valence-corrected chi connectivity index (χ2v) is 6.28. The van der Waals surface area contributed by atoms with E-state index in [4.69, 9.17) is 0 Å². The van der Waals surface area contributed by atoms with Gasteiger partial charge in [0.25, 0.3) is 0 Å². The zero-order valence-corrected chi connectivity index (χ0v) is 12.8. The molecule has 0 amide bonds. The predicted octanol–water partition coefficient (Wildman–Crippen LogP) is 4.53. The predicted molar refractivity (Wildman–Crippen MR) is 68.0 cm³/mol. The van der Waals surface area contributed by atoms with E-state index in [-0.39, 0.29) is 0 Å². The van der Waals surface area contributed by atoms with E-state index < -0.39 is 91.6 Å². The summed E-state index contributed by atoms with van der Waals surface area (Å²) in [5.41, 5.74) is -3.10. The molecule has 0 unspecified atom stereocenters. The summed E-state index contributed by atoms with van der Waals surface area (Å²) in [6, 6.07) is 0. The van der Waals surface area contributed by atoms with Crippen LogP contribution in [0.4, 0.5) is 43.9 Å². The van der Waals surface area contributed by atoms with Crippen molar-refractivity contribution >= 4 is 10.8 Å². The smallest absolute Gasteiger partial charge is 0.200 e. The largest absolute Gasteiger partial charge is 0.259 e. The van der Waals surface area contributed by atoms with E-state index in [0.717, 1.165) is 0 Å². The van der Waals surface area contributed by atoms with Gasteiger partial charge in [-0.25, -0.2) is 43.9 Å². The molecule has 0 heterocycles. The van der Waals surface area contributed by atoms with Gasteiger partial charge in [-0.2, -0.15) is 0 Å². The maximum Gasteiger partial charge on any atom is 0.200 e. The molecule has 1 nitrogen and oxygen atoms in total. The maximum absolute atomic E-state index is 13.5. The van der Waals surface area contributed by atoms with E-state index in [1.807, 2.05) is 0 Å². The van der Waals surface area contributed by atoms with Crippen molar-refractivity contribution in [2.45, 2.75) is 11.5 Å². The lowest BCUT2D eigenvalue weighted by Crippen LogP contribution is -2.13. The number of halogens is 10. The summed E-state index contributed by atoms with van der Waals surface area (Å²) in [5, 5.41) is 0. The van der Waals surface area contributed by atoms with Gasteiger partial charge in [0, 0.05) is 21.9 Å². The van der Waals surface area contributed by atoms with Gasteiger partial charge >= 0.3 is 0 Å². The topological polar surface area (TPSA) is 17.1 Å².